The van der Waals surface area contributed by atoms with Crippen molar-refractivity contribution >= 4 is 22.6 Å². The van der Waals surface area contributed by atoms with Crippen LogP contribution in [-0.2, 0) is 11.3 Å². The minimum atomic E-state index is -0.0535. The van der Waals surface area contributed by atoms with E-state index in [1.54, 1.807) is 4.90 Å². The van der Waals surface area contributed by atoms with Crippen molar-refractivity contribution < 1.29 is 9.53 Å². The molecule has 106 valence electrons. The summed E-state index contributed by atoms with van der Waals surface area (Å²) in [5.41, 5.74) is 1.98. The maximum Gasteiger partial charge on any atom is 0.322 e. The first-order valence-corrected chi connectivity index (χ1v) is 7.00. The van der Waals surface area contributed by atoms with Gasteiger partial charge in [-0.25, -0.2) is 4.79 Å². The van der Waals surface area contributed by atoms with E-state index in [9.17, 15) is 4.79 Å². The number of hydrogen-bond donors (Lipinski definition) is 1. The number of ether oxygens (including phenoxy) is 1. The van der Waals surface area contributed by atoms with E-state index in [1.807, 2.05) is 18.2 Å². The first kappa shape index (κ1) is 13.0. The Bertz CT molecular complexity index is 615. The molecular weight excluding hydrogens is 254 g/mol. The van der Waals surface area contributed by atoms with Crippen molar-refractivity contribution in [2.24, 2.45) is 0 Å². The summed E-state index contributed by atoms with van der Waals surface area (Å²) in [6.45, 7) is 5.57. The number of aryl methyl sites for hydroxylation is 1. The number of hydrogen-bond acceptors (Lipinski definition) is 2. The predicted octanol–water partition coefficient (Wildman–Crippen LogP) is 2.53. The SMILES string of the molecule is CCn1ccc2ccc(NC(=O)N3CCOCC3)cc21. The van der Waals surface area contributed by atoms with Crippen molar-refractivity contribution in [1.29, 1.82) is 0 Å². The second-order valence-corrected chi connectivity index (χ2v) is 4.90. The number of anilines is 1. The molecule has 5 nitrogen and oxygen atoms in total. The number of rotatable bonds is 2. The van der Waals surface area contributed by atoms with Crippen LogP contribution >= 0.6 is 0 Å². The Labute approximate surface area is 118 Å². The Morgan fingerprint density at radius 2 is 2.10 bits per heavy atom. The average Bonchev–Trinajstić information content (AvgIpc) is 2.90. The maximum atomic E-state index is 12.1. The third-order valence-electron chi connectivity index (χ3n) is 3.66. The van der Waals surface area contributed by atoms with Crippen LogP contribution in [0.3, 0.4) is 0 Å². The number of aromatic nitrogens is 1. The van der Waals surface area contributed by atoms with Crippen LogP contribution in [0.5, 0.6) is 0 Å². The number of nitrogens with zero attached hydrogens (tertiary/aromatic N) is 2. The minimum Gasteiger partial charge on any atom is -0.378 e. The van der Waals surface area contributed by atoms with E-state index in [1.165, 1.54) is 5.39 Å². The van der Waals surface area contributed by atoms with Gasteiger partial charge in [-0.15, -0.1) is 0 Å². The van der Waals surface area contributed by atoms with Crippen LogP contribution in [0.1, 0.15) is 6.92 Å². The maximum absolute atomic E-state index is 12.1. The molecule has 0 atom stereocenters. The van der Waals surface area contributed by atoms with E-state index in [-0.39, 0.29) is 6.03 Å². The quantitative estimate of drug-likeness (QED) is 0.914. The van der Waals surface area contributed by atoms with Gasteiger partial charge in [0.25, 0.3) is 0 Å². The second-order valence-electron chi connectivity index (χ2n) is 4.90. The van der Waals surface area contributed by atoms with Crippen LogP contribution in [0.4, 0.5) is 10.5 Å². The van der Waals surface area contributed by atoms with E-state index in [0.717, 1.165) is 17.7 Å². The Morgan fingerprint density at radius 3 is 2.85 bits per heavy atom. The lowest BCUT2D eigenvalue weighted by molar-refractivity contribution is 0.0564. The summed E-state index contributed by atoms with van der Waals surface area (Å²) in [6, 6.07) is 8.04. The number of amides is 2. The van der Waals surface area contributed by atoms with Gasteiger partial charge in [0.15, 0.2) is 0 Å². The largest absolute Gasteiger partial charge is 0.378 e. The number of carbonyl (C=O) groups is 1. The summed E-state index contributed by atoms with van der Waals surface area (Å²) in [5, 5.41) is 4.15. The normalized spacial score (nSPS) is 15.6. The summed E-state index contributed by atoms with van der Waals surface area (Å²) in [7, 11) is 0. The molecule has 1 aliphatic rings. The molecule has 2 heterocycles. The molecule has 0 saturated carbocycles. The second kappa shape index (κ2) is 5.54. The zero-order valence-corrected chi connectivity index (χ0v) is 11.6. The molecule has 0 spiro atoms. The van der Waals surface area contributed by atoms with Gasteiger partial charge in [-0.2, -0.15) is 0 Å². The minimum absolute atomic E-state index is 0.0535. The van der Waals surface area contributed by atoms with E-state index in [0.29, 0.717) is 26.3 Å². The fourth-order valence-electron chi connectivity index (χ4n) is 2.51. The number of morpholine rings is 1. The van der Waals surface area contributed by atoms with Crippen LogP contribution in [0.25, 0.3) is 10.9 Å². The van der Waals surface area contributed by atoms with E-state index < -0.39 is 0 Å². The van der Waals surface area contributed by atoms with Crippen molar-refractivity contribution in [1.82, 2.24) is 9.47 Å². The highest BCUT2D eigenvalue weighted by Gasteiger charge is 2.16. The standard InChI is InChI=1S/C15H19N3O2/c1-2-17-6-5-12-3-4-13(11-14(12)17)16-15(19)18-7-9-20-10-8-18/h3-6,11H,2,7-10H2,1H3,(H,16,19). The Balaban J connectivity index is 1.78. The number of fused-ring (bicyclic) bond motifs is 1. The van der Waals surface area contributed by atoms with Gasteiger partial charge >= 0.3 is 6.03 Å². The number of nitrogens with one attached hydrogen (secondary N) is 1. The molecule has 20 heavy (non-hydrogen) atoms. The lowest BCUT2D eigenvalue weighted by Crippen LogP contribution is -2.43. The van der Waals surface area contributed by atoms with Gasteiger partial charge in [0.1, 0.15) is 0 Å². The van der Waals surface area contributed by atoms with Crippen LogP contribution in [-0.4, -0.2) is 41.8 Å². The highest BCUT2D eigenvalue weighted by atomic mass is 16.5. The molecule has 0 unspecified atom stereocenters. The molecule has 1 fully saturated rings. The first-order chi connectivity index (χ1) is 9.78. The molecule has 1 aromatic carbocycles. The van der Waals surface area contributed by atoms with Gasteiger partial charge in [-0.3, -0.25) is 0 Å². The predicted molar refractivity (Wildman–Crippen MR) is 79.0 cm³/mol. The molecule has 0 bridgehead atoms. The first-order valence-electron chi connectivity index (χ1n) is 7.00. The summed E-state index contributed by atoms with van der Waals surface area (Å²) in [5.74, 6) is 0. The zero-order chi connectivity index (χ0) is 13.9. The highest BCUT2D eigenvalue weighted by molar-refractivity contribution is 5.92. The van der Waals surface area contributed by atoms with E-state index >= 15 is 0 Å². The molecule has 0 aliphatic carbocycles. The van der Waals surface area contributed by atoms with Crippen molar-refractivity contribution in [3.63, 3.8) is 0 Å². The molecule has 0 radical (unpaired) electrons. The third kappa shape index (κ3) is 2.49. The summed E-state index contributed by atoms with van der Waals surface area (Å²) in [6.07, 6.45) is 2.07. The summed E-state index contributed by atoms with van der Waals surface area (Å²) in [4.78, 5) is 13.9. The molecule has 5 heteroatoms. The zero-order valence-electron chi connectivity index (χ0n) is 11.6. The summed E-state index contributed by atoms with van der Waals surface area (Å²) >= 11 is 0. The van der Waals surface area contributed by atoms with Crippen LogP contribution in [0, 0.1) is 0 Å². The molecule has 1 aliphatic heterocycles. The van der Waals surface area contributed by atoms with Crippen molar-refractivity contribution in [2.75, 3.05) is 31.6 Å². The van der Waals surface area contributed by atoms with Crippen molar-refractivity contribution in [3.05, 3.63) is 30.5 Å². The van der Waals surface area contributed by atoms with Gasteiger partial charge in [-0.05, 0) is 30.5 Å². The topological polar surface area (TPSA) is 46.5 Å². The third-order valence-corrected chi connectivity index (χ3v) is 3.66. The van der Waals surface area contributed by atoms with E-state index in [4.69, 9.17) is 4.74 Å². The van der Waals surface area contributed by atoms with Gasteiger partial charge in [0, 0.05) is 31.5 Å². The highest BCUT2D eigenvalue weighted by Crippen LogP contribution is 2.21. The lowest BCUT2D eigenvalue weighted by Gasteiger charge is -2.26. The number of benzene rings is 1. The van der Waals surface area contributed by atoms with Gasteiger partial charge in [-0.1, -0.05) is 6.07 Å². The molecule has 1 saturated heterocycles. The lowest BCUT2D eigenvalue weighted by atomic mass is 10.2. The monoisotopic (exact) mass is 273 g/mol. The molecular formula is C15H19N3O2. The average molecular weight is 273 g/mol. The van der Waals surface area contributed by atoms with Gasteiger partial charge in [0.2, 0.25) is 0 Å². The number of carbonyl (C=O) groups excluding carboxylic acids is 1. The Morgan fingerprint density at radius 1 is 1.30 bits per heavy atom. The van der Waals surface area contributed by atoms with Crippen molar-refractivity contribution in [2.45, 2.75) is 13.5 Å². The van der Waals surface area contributed by atoms with Gasteiger partial charge in [0.05, 0.1) is 18.7 Å². The van der Waals surface area contributed by atoms with Crippen LogP contribution < -0.4 is 5.32 Å². The number of urea groups is 1. The molecule has 1 aromatic heterocycles. The van der Waals surface area contributed by atoms with Crippen LogP contribution in [0.2, 0.25) is 0 Å². The molecule has 2 aromatic rings. The van der Waals surface area contributed by atoms with Gasteiger partial charge < -0.3 is 19.5 Å². The molecule has 3 rings (SSSR count). The Hall–Kier alpha value is -2.01. The summed E-state index contributed by atoms with van der Waals surface area (Å²) < 4.78 is 7.42. The smallest absolute Gasteiger partial charge is 0.322 e. The van der Waals surface area contributed by atoms with Crippen LogP contribution in [0.15, 0.2) is 30.5 Å². The van der Waals surface area contributed by atoms with Crippen molar-refractivity contribution in [3.8, 4) is 0 Å². The fraction of sp³-hybridized carbons (Fsp3) is 0.400. The molecule has 1 N–H and O–H groups in total. The van der Waals surface area contributed by atoms with E-state index in [2.05, 4.69) is 29.1 Å². The molecule has 2 amide bonds. The Kier molecular flexibility index (Phi) is 3.60. The fourth-order valence-corrected chi connectivity index (χ4v) is 2.51.